The van der Waals surface area contributed by atoms with Crippen LogP contribution >= 0.6 is 11.3 Å². The maximum atomic E-state index is 13.0. The first-order chi connectivity index (χ1) is 15.2. The van der Waals surface area contributed by atoms with Crippen LogP contribution in [0, 0.1) is 0 Å². The summed E-state index contributed by atoms with van der Waals surface area (Å²) in [5, 5.41) is 14.9. The van der Waals surface area contributed by atoms with Gasteiger partial charge in [-0.25, -0.2) is 14.8 Å². The van der Waals surface area contributed by atoms with Gasteiger partial charge in [0.15, 0.2) is 15.5 Å². The Morgan fingerprint density at radius 2 is 2.03 bits per heavy atom. The van der Waals surface area contributed by atoms with Crippen LogP contribution in [0.5, 0.6) is 5.88 Å². The quantitative estimate of drug-likeness (QED) is 0.597. The first-order valence-corrected chi connectivity index (χ1v) is 10.3. The van der Waals surface area contributed by atoms with Crippen LogP contribution in [-0.4, -0.2) is 51.4 Å². The molecule has 2 aromatic heterocycles. The van der Waals surface area contributed by atoms with Crippen LogP contribution in [0.25, 0.3) is 10.3 Å². The lowest BCUT2D eigenvalue weighted by Crippen LogP contribution is -2.44. The van der Waals surface area contributed by atoms with E-state index in [2.05, 4.69) is 20.3 Å². The molecule has 0 aliphatic carbocycles. The molecule has 1 saturated heterocycles. The van der Waals surface area contributed by atoms with E-state index in [0.717, 1.165) is 23.5 Å². The Labute approximate surface area is 183 Å². The van der Waals surface area contributed by atoms with Crippen LogP contribution in [0.2, 0.25) is 0 Å². The second-order valence-electron chi connectivity index (χ2n) is 7.10. The maximum absolute atomic E-state index is 13.0. The molecule has 1 aromatic carbocycles. The lowest BCUT2D eigenvalue weighted by Gasteiger charge is -2.37. The number of anilines is 1. The minimum absolute atomic E-state index is 0.0928. The van der Waals surface area contributed by atoms with Gasteiger partial charge in [-0.05, 0) is 30.5 Å². The number of amides is 1. The number of hydrogen-bond acceptors (Lipinski definition) is 9. The van der Waals surface area contributed by atoms with E-state index in [4.69, 9.17) is 9.57 Å². The van der Waals surface area contributed by atoms with Crippen molar-refractivity contribution in [3.8, 4) is 5.88 Å². The number of alkyl halides is 3. The molecule has 1 aliphatic heterocycles. The van der Waals surface area contributed by atoms with Gasteiger partial charge in [-0.15, -0.1) is 5.06 Å². The molecule has 1 amide bonds. The number of benzene rings is 1. The highest BCUT2D eigenvalue weighted by molar-refractivity contribution is 7.22. The molecule has 32 heavy (non-hydrogen) atoms. The molecule has 13 heteroatoms. The second kappa shape index (κ2) is 8.48. The molecule has 0 unspecified atom stereocenters. The third kappa shape index (κ3) is 4.59. The number of fused-ring (bicyclic) bond motifs is 1. The predicted octanol–water partition coefficient (Wildman–Crippen LogP) is 3.56. The highest BCUT2D eigenvalue weighted by Crippen LogP contribution is 2.37. The smallest absolute Gasteiger partial charge is 0.432 e. The van der Waals surface area contributed by atoms with Crippen molar-refractivity contribution < 1.29 is 32.6 Å². The van der Waals surface area contributed by atoms with Crippen LogP contribution in [0.15, 0.2) is 30.6 Å². The first-order valence-electron chi connectivity index (χ1n) is 9.47. The van der Waals surface area contributed by atoms with E-state index < -0.39 is 23.4 Å². The molecule has 3 heterocycles. The van der Waals surface area contributed by atoms with Crippen LogP contribution in [0.3, 0.4) is 0 Å². The molecule has 0 atom stereocenters. The highest BCUT2D eigenvalue weighted by Gasteiger charge is 2.38. The molecule has 0 spiro atoms. The van der Waals surface area contributed by atoms with E-state index >= 15 is 0 Å². The van der Waals surface area contributed by atoms with Crippen molar-refractivity contribution in [3.63, 3.8) is 0 Å². The number of rotatable bonds is 4. The topological polar surface area (TPSA) is 110 Å². The molecule has 0 radical (unpaired) electrons. The lowest BCUT2D eigenvalue weighted by atomic mass is 9.84. The standard InChI is InChI=1S/C19H18F3N5O4S/c1-30-14-13-15(24-10-23-14)32-16(25-13)26-17(28)31-27-7-5-18(29,6-8-27)11-3-2-4-12(9-11)19(20,21)22/h2-4,9-10,29H,5-8H2,1H3,(H,25,26,28). The largest absolute Gasteiger partial charge is 0.479 e. The van der Waals surface area contributed by atoms with Gasteiger partial charge in [0.25, 0.3) is 0 Å². The van der Waals surface area contributed by atoms with Crippen LogP contribution < -0.4 is 10.1 Å². The highest BCUT2D eigenvalue weighted by atomic mass is 32.1. The molecule has 2 N–H and O–H groups in total. The van der Waals surface area contributed by atoms with Gasteiger partial charge in [-0.1, -0.05) is 23.5 Å². The number of carbonyl (C=O) groups excluding carboxylic acids is 1. The third-order valence-corrected chi connectivity index (χ3v) is 5.93. The zero-order valence-corrected chi connectivity index (χ0v) is 17.5. The number of methoxy groups -OCH3 is 1. The monoisotopic (exact) mass is 469 g/mol. The molecule has 4 rings (SSSR count). The van der Waals surface area contributed by atoms with Crippen molar-refractivity contribution in [2.45, 2.75) is 24.6 Å². The normalized spacial score (nSPS) is 16.7. The zero-order chi connectivity index (χ0) is 22.9. The zero-order valence-electron chi connectivity index (χ0n) is 16.7. The lowest BCUT2D eigenvalue weighted by molar-refractivity contribution is -0.149. The number of ether oxygens (including phenoxy) is 1. The molecule has 1 fully saturated rings. The van der Waals surface area contributed by atoms with Gasteiger partial charge >= 0.3 is 12.3 Å². The van der Waals surface area contributed by atoms with E-state index in [1.165, 1.54) is 30.6 Å². The summed E-state index contributed by atoms with van der Waals surface area (Å²) in [6, 6.07) is 4.64. The molecule has 1 aliphatic rings. The number of nitrogens with zero attached hydrogens (tertiary/aromatic N) is 4. The average molecular weight is 469 g/mol. The molecule has 170 valence electrons. The van der Waals surface area contributed by atoms with E-state index in [-0.39, 0.29) is 42.5 Å². The number of aromatic nitrogens is 3. The summed E-state index contributed by atoms with van der Waals surface area (Å²) in [6.45, 7) is 0.276. The Kier molecular flexibility index (Phi) is 5.88. The van der Waals surface area contributed by atoms with Crippen molar-refractivity contribution >= 4 is 32.9 Å². The first kappa shape index (κ1) is 22.2. The fraction of sp³-hybridized carbons (Fsp3) is 0.368. The van der Waals surface area contributed by atoms with Gasteiger partial charge in [-0.2, -0.15) is 18.2 Å². The van der Waals surface area contributed by atoms with Crippen molar-refractivity contribution in [3.05, 3.63) is 41.7 Å². The van der Waals surface area contributed by atoms with Crippen LogP contribution in [-0.2, 0) is 16.6 Å². The molecule has 0 saturated carbocycles. The summed E-state index contributed by atoms with van der Waals surface area (Å²) < 4.78 is 44.0. The minimum atomic E-state index is -4.50. The Morgan fingerprint density at radius 3 is 2.72 bits per heavy atom. The van der Waals surface area contributed by atoms with Crippen LogP contribution in [0.4, 0.5) is 23.1 Å². The Hall–Kier alpha value is -3.03. The Morgan fingerprint density at radius 1 is 1.28 bits per heavy atom. The number of thiazole rings is 1. The Bertz CT molecular complexity index is 1130. The predicted molar refractivity (Wildman–Crippen MR) is 108 cm³/mol. The van der Waals surface area contributed by atoms with Crippen molar-refractivity contribution in [2.75, 3.05) is 25.5 Å². The maximum Gasteiger partial charge on any atom is 0.432 e. The Balaban J connectivity index is 1.36. The van der Waals surface area contributed by atoms with Gasteiger partial charge in [0.2, 0.25) is 5.88 Å². The number of hydrogen-bond donors (Lipinski definition) is 2. The van der Waals surface area contributed by atoms with E-state index in [9.17, 15) is 23.1 Å². The SMILES string of the molecule is COc1ncnc2sc(NC(=O)ON3CCC(O)(c4cccc(C(F)(F)F)c4)CC3)nc12. The van der Waals surface area contributed by atoms with Gasteiger partial charge in [0.05, 0.1) is 18.3 Å². The van der Waals surface area contributed by atoms with E-state index in [0.29, 0.717) is 10.3 Å². The third-order valence-electron chi connectivity index (χ3n) is 5.05. The number of aliphatic hydroxyl groups is 1. The number of nitrogens with one attached hydrogen (secondary N) is 1. The number of hydroxylamine groups is 2. The minimum Gasteiger partial charge on any atom is -0.479 e. The van der Waals surface area contributed by atoms with Gasteiger partial charge < -0.3 is 14.7 Å². The van der Waals surface area contributed by atoms with Gasteiger partial charge in [-0.3, -0.25) is 5.32 Å². The van der Waals surface area contributed by atoms with E-state index in [1.54, 1.807) is 0 Å². The average Bonchev–Trinajstić information content (AvgIpc) is 3.17. The van der Waals surface area contributed by atoms with Crippen molar-refractivity contribution in [2.24, 2.45) is 0 Å². The fourth-order valence-corrected chi connectivity index (χ4v) is 4.17. The summed E-state index contributed by atoms with van der Waals surface area (Å²) in [5.74, 6) is 0.276. The van der Waals surface area contributed by atoms with Gasteiger partial charge in [0.1, 0.15) is 6.33 Å². The van der Waals surface area contributed by atoms with Gasteiger partial charge in [0, 0.05) is 13.1 Å². The molecule has 0 bridgehead atoms. The summed E-state index contributed by atoms with van der Waals surface area (Å²) in [5.41, 5.74) is -1.68. The molecule has 9 nitrogen and oxygen atoms in total. The number of piperidine rings is 1. The second-order valence-corrected chi connectivity index (χ2v) is 8.08. The summed E-state index contributed by atoms with van der Waals surface area (Å²) in [7, 11) is 1.44. The summed E-state index contributed by atoms with van der Waals surface area (Å²) in [4.78, 5) is 30.2. The molecule has 3 aromatic rings. The van der Waals surface area contributed by atoms with Crippen molar-refractivity contribution in [1.29, 1.82) is 0 Å². The van der Waals surface area contributed by atoms with Crippen LogP contribution in [0.1, 0.15) is 24.0 Å². The molecular weight excluding hydrogens is 451 g/mol. The molecular formula is C19H18F3N5O4S. The fourth-order valence-electron chi connectivity index (χ4n) is 3.39. The van der Waals surface area contributed by atoms with Crippen molar-refractivity contribution in [1.82, 2.24) is 20.0 Å². The summed E-state index contributed by atoms with van der Waals surface area (Å²) in [6.07, 6.45) is -3.78. The number of halogens is 3. The number of carbonyl (C=O) groups is 1. The summed E-state index contributed by atoms with van der Waals surface area (Å²) >= 11 is 1.11. The van der Waals surface area contributed by atoms with E-state index in [1.807, 2.05) is 0 Å².